The highest BCUT2D eigenvalue weighted by Crippen LogP contribution is 2.52. The van der Waals surface area contributed by atoms with Crippen molar-refractivity contribution in [2.45, 2.75) is 19.0 Å². The number of benzene rings is 3. The van der Waals surface area contributed by atoms with Gasteiger partial charge in [-0.15, -0.1) is 0 Å². The average molecular weight is 471 g/mol. The van der Waals surface area contributed by atoms with Crippen LogP contribution in [0.1, 0.15) is 30.1 Å². The summed E-state index contributed by atoms with van der Waals surface area (Å²) in [5, 5.41) is 12.2. The number of rotatable bonds is 5. The Kier molecular flexibility index (Phi) is 5.64. The zero-order chi connectivity index (χ0) is 24.6. The predicted molar refractivity (Wildman–Crippen MR) is 133 cm³/mol. The summed E-state index contributed by atoms with van der Waals surface area (Å²) in [7, 11) is 3.19. The number of hydrogen-bond acceptors (Lipinski definition) is 5. The number of methoxy groups -OCH3 is 2. The Balaban J connectivity index is 1.69. The third kappa shape index (κ3) is 3.58. The quantitative estimate of drug-likeness (QED) is 0.584. The van der Waals surface area contributed by atoms with E-state index >= 15 is 0 Å². The summed E-state index contributed by atoms with van der Waals surface area (Å²) >= 11 is 0. The molecule has 0 bridgehead atoms. The molecule has 5 rings (SSSR count). The molecule has 0 aromatic heterocycles. The van der Waals surface area contributed by atoms with E-state index in [1.54, 1.807) is 14.2 Å². The molecule has 2 atom stereocenters. The van der Waals surface area contributed by atoms with Gasteiger partial charge in [-0.3, -0.25) is 4.79 Å². The molecule has 2 heterocycles. The SMILES string of the molecule is COc1ccc([C@@H]2NC(=O)N[C@@H](c3ccc(OC)cc3)C23C(=O)N(c2ccccc2)N=C3C)cc1. The van der Waals surface area contributed by atoms with Gasteiger partial charge in [-0.2, -0.15) is 10.1 Å². The maximum Gasteiger partial charge on any atom is 0.315 e. The van der Waals surface area contributed by atoms with E-state index in [4.69, 9.17) is 14.6 Å². The molecule has 0 unspecified atom stereocenters. The first-order valence-corrected chi connectivity index (χ1v) is 11.3. The molecule has 2 aliphatic heterocycles. The standard InChI is InChI=1S/C27H26N4O4/c1-17-27(25(32)31(30-17)20-7-5-4-6-8-20)23(18-9-13-21(34-2)14-10-18)28-26(33)29-24(27)19-11-15-22(35-3)16-12-19/h4-16,23-24H,1-3H3,(H2,28,29,33)/t23-,24-/m0/s1. The van der Waals surface area contributed by atoms with Gasteiger partial charge in [0.1, 0.15) is 16.9 Å². The summed E-state index contributed by atoms with van der Waals surface area (Å²) < 4.78 is 10.6. The van der Waals surface area contributed by atoms with Gasteiger partial charge in [0.05, 0.1) is 37.7 Å². The van der Waals surface area contributed by atoms with E-state index in [-0.39, 0.29) is 11.9 Å². The van der Waals surface area contributed by atoms with Crippen molar-refractivity contribution in [3.05, 3.63) is 90.0 Å². The molecule has 3 aromatic rings. The zero-order valence-electron chi connectivity index (χ0n) is 19.7. The Morgan fingerprint density at radius 3 is 1.71 bits per heavy atom. The van der Waals surface area contributed by atoms with Crippen LogP contribution in [0.5, 0.6) is 11.5 Å². The van der Waals surface area contributed by atoms with E-state index in [9.17, 15) is 9.59 Å². The fourth-order valence-electron chi connectivity index (χ4n) is 5.00. The summed E-state index contributed by atoms with van der Waals surface area (Å²) in [5.41, 5.74) is 1.59. The van der Waals surface area contributed by atoms with Crippen LogP contribution in [0.2, 0.25) is 0 Å². The van der Waals surface area contributed by atoms with Gasteiger partial charge in [0.2, 0.25) is 0 Å². The molecule has 35 heavy (non-hydrogen) atoms. The second kappa shape index (κ2) is 8.79. The van der Waals surface area contributed by atoms with E-state index in [2.05, 4.69) is 10.6 Å². The molecule has 0 radical (unpaired) electrons. The Bertz CT molecular complexity index is 1210. The van der Waals surface area contributed by atoms with Gasteiger partial charge in [0, 0.05) is 0 Å². The smallest absolute Gasteiger partial charge is 0.315 e. The molecule has 0 saturated carbocycles. The van der Waals surface area contributed by atoms with Gasteiger partial charge >= 0.3 is 6.03 Å². The normalized spacial score (nSPS) is 20.8. The fourth-order valence-corrected chi connectivity index (χ4v) is 5.00. The largest absolute Gasteiger partial charge is 0.497 e. The molecule has 1 saturated heterocycles. The summed E-state index contributed by atoms with van der Waals surface area (Å²) in [6.45, 7) is 1.84. The molecule has 178 valence electrons. The summed E-state index contributed by atoms with van der Waals surface area (Å²) in [4.78, 5) is 27.3. The van der Waals surface area contributed by atoms with Crippen LogP contribution in [0.15, 0.2) is 84.0 Å². The van der Waals surface area contributed by atoms with Crippen LogP contribution < -0.4 is 25.1 Å². The van der Waals surface area contributed by atoms with Crippen LogP contribution in [0.3, 0.4) is 0 Å². The van der Waals surface area contributed by atoms with Crippen molar-refractivity contribution < 1.29 is 19.1 Å². The first-order chi connectivity index (χ1) is 17.0. The maximum atomic E-state index is 14.4. The topological polar surface area (TPSA) is 92.3 Å². The van der Waals surface area contributed by atoms with Crippen molar-refractivity contribution in [2.24, 2.45) is 10.5 Å². The van der Waals surface area contributed by atoms with E-state index in [0.717, 1.165) is 11.1 Å². The number of carbonyl (C=O) groups is 2. The minimum atomic E-state index is -1.22. The molecule has 8 nitrogen and oxygen atoms in total. The Morgan fingerprint density at radius 2 is 1.26 bits per heavy atom. The second-order valence-electron chi connectivity index (χ2n) is 8.54. The second-order valence-corrected chi connectivity index (χ2v) is 8.54. The molecule has 8 heteroatoms. The van der Waals surface area contributed by atoms with Crippen molar-refractivity contribution >= 4 is 23.3 Å². The highest BCUT2D eigenvalue weighted by molar-refractivity contribution is 6.20. The third-order valence-corrected chi connectivity index (χ3v) is 6.76. The molecule has 1 spiro atoms. The van der Waals surface area contributed by atoms with Crippen LogP contribution in [-0.4, -0.2) is 31.9 Å². The molecule has 3 amide bonds. The lowest BCUT2D eigenvalue weighted by Gasteiger charge is -2.46. The Hall–Kier alpha value is -4.33. The molecular weight excluding hydrogens is 444 g/mol. The van der Waals surface area contributed by atoms with Crippen LogP contribution in [-0.2, 0) is 4.79 Å². The van der Waals surface area contributed by atoms with Crippen LogP contribution in [0, 0.1) is 5.41 Å². The van der Waals surface area contributed by atoms with Crippen LogP contribution in [0.4, 0.5) is 10.5 Å². The fraction of sp³-hybridized carbons (Fsp3) is 0.222. The highest BCUT2D eigenvalue weighted by atomic mass is 16.5. The number of nitrogens with one attached hydrogen (secondary N) is 2. The summed E-state index contributed by atoms with van der Waals surface area (Å²) in [6.07, 6.45) is 0. The number of hydrogen-bond donors (Lipinski definition) is 2. The summed E-state index contributed by atoms with van der Waals surface area (Å²) in [6, 6.07) is 22.3. The molecule has 0 aliphatic carbocycles. The predicted octanol–water partition coefficient (Wildman–Crippen LogP) is 4.21. The van der Waals surface area contributed by atoms with Crippen molar-refractivity contribution in [3.63, 3.8) is 0 Å². The first kappa shape index (κ1) is 22.5. The van der Waals surface area contributed by atoms with Crippen molar-refractivity contribution in [1.82, 2.24) is 10.6 Å². The van der Waals surface area contributed by atoms with Crippen molar-refractivity contribution in [3.8, 4) is 11.5 Å². The number of urea groups is 1. The first-order valence-electron chi connectivity index (χ1n) is 11.3. The molecule has 2 N–H and O–H groups in total. The van der Waals surface area contributed by atoms with Gasteiger partial charge in [0.15, 0.2) is 0 Å². The highest BCUT2D eigenvalue weighted by Gasteiger charge is 2.63. The van der Waals surface area contributed by atoms with Crippen LogP contribution in [0.25, 0.3) is 0 Å². The van der Waals surface area contributed by atoms with Gasteiger partial charge < -0.3 is 20.1 Å². The molecular formula is C27H26N4O4. The lowest BCUT2D eigenvalue weighted by Crippen LogP contribution is -2.63. The van der Waals surface area contributed by atoms with Gasteiger partial charge in [-0.25, -0.2) is 4.79 Å². The van der Waals surface area contributed by atoms with Gasteiger partial charge in [-0.05, 0) is 54.4 Å². The van der Waals surface area contributed by atoms with E-state index in [1.807, 2.05) is 85.8 Å². The number of ether oxygens (including phenoxy) is 2. The zero-order valence-corrected chi connectivity index (χ0v) is 19.7. The number of carbonyl (C=O) groups excluding carboxylic acids is 2. The van der Waals surface area contributed by atoms with Crippen LogP contribution >= 0.6 is 0 Å². The Morgan fingerprint density at radius 1 is 0.771 bits per heavy atom. The monoisotopic (exact) mass is 470 g/mol. The maximum absolute atomic E-state index is 14.4. The van der Waals surface area contributed by atoms with Gasteiger partial charge in [0.25, 0.3) is 5.91 Å². The van der Waals surface area contributed by atoms with E-state index in [0.29, 0.717) is 22.9 Å². The number of anilines is 1. The lowest BCUT2D eigenvalue weighted by atomic mass is 9.65. The number of amides is 3. The molecule has 1 fully saturated rings. The third-order valence-electron chi connectivity index (χ3n) is 6.76. The Labute approximate surface area is 203 Å². The molecule has 3 aromatic carbocycles. The van der Waals surface area contributed by atoms with Crippen molar-refractivity contribution in [2.75, 3.05) is 19.2 Å². The number of hydrazone groups is 1. The minimum Gasteiger partial charge on any atom is -0.497 e. The number of nitrogens with zero attached hydrogens (tertiary/aromatic N) is 2. The van der Waals surface area contributed by atoms with Crippen molar-refractivity contribution in [1.29, 1.82) is 0 Å². The molecule has 2 aliphatic rings. The number of para-hydroxylation sites is 1. The lowest BCUT2D eigenvalue weighted by molar-refractivity contribution is -0.127. The summed E-state index contributed by atoms with van der Waals surface area (Å²) in [5.74, 6) is 1.14. The average Bonchev–Trinajstić information content (AvgIpc) is 3.16. The van der Waals surface area contributed by atoms with E-state index in [1.165, 1.54) is 5.01 Å². The van der Waals surface area contributed by atoms with Gasteiger partial charge in [-0.1, -0.05) is 42.5 Å². The van der Waals surface area contributed by atoms with E-state index < -0.39 is 17.5 Å². The minimum absolute atomic E-state index is 0.227.